The number of rotatable bonds is 7. The van der Waals surface area contributed by atoms with Crippen molar-refractivity contribution in [1.29, 1.82) is 0 Å². The van der Waals surface area contributed by atoms with Gasteiger partial charge in [0, 0.05) is 6.04 Å². The summed E-state index contributed by atoms with van der Waals surface area (Å²) in [5.74, 6) is 0.618. The Hall–Kier alpha value is -1.89. The van der Waals surface area contributed by atoms with Crippen molar-refractivity contribution in [1.82, 2.24) is 4.72 Å². The van der Waals surface area contributed by atoms with Crippen LogP contribution in [0.4, 0.5) is 0 Å². The largest absolute Gasteiger partial charge is 0.497 e. The van der Waals surface area contributed by atoms with E-state index in [0.717, 1.165) is 5.56 Å². The first-order valence-electron chi connectivity index (χ1n) is 7.69. The highest BCUT2D eigenvalue weighted by Gasteiger charge is 2.24. The molecule has 0 radical (unpaired) electrons. The third-order valence-electron chi connectivity index (χ3n) is 3.81. The number of aliphatic hydroxyl groups excluding tert-OH is 1. The van der Waals surface area contributed by atoms with Gasteiger partial charge in [-0.1, -0.05) is 30.3 Å². The van der Waals surface area contributed by atoms with E-state index in [1.54, 1.807) is 33.1 Å². The maximum atomic E-state index is 12.8. The van der Waals surface area contributed by atoms with Crippen molar-refractivity contribution in [2.45, 2.75) is 31.2 Å². The molecule has 0 amide bonds. The zero-order chi connectivity index (χ0) is 17.7. The van der Waals surface area contributed by atoms with E-state index in [1.165, 1.54) is 0 Å². The fourth-order valence-electron chi connectivity index (χ4n) is 2.77. The van der Waals surface area contributed by atoms with Crippen LogP contribution in [0.25, 0.3) is 0 Å². The minimum absolute atomic E-state index is 0.231. The number of sulfonamides is 1. The summed E-state index contributed by atoms with van der Waals surface area (Å²) < 4.78 is 33.3. The lowest BCUT2D eigenvalue weighted by Crippen LogP contribution is -2.39. The average molecular weight is 349 g/mol. The van der Waals surface area contributed by atoms with E-state index in [2.05, 4.69) is 4.72 Å². The van der Waals surface area contributed by atoms with Crippen LogP contribution in [0.3, 0.4) is 0 Å². The number of hydrogen-bond acceptors (Lipinski definition) is 4. The summed E-state index contributed by atoms with van der Waals surface area (Å²) in [5, 5.41) is 9.57. The minimum atomic E-state index is -3.74. The molecular formula is C18H23NO4S. The molecule has 2 aromatic rings. The van der Waals surface area contributed by atoms with Crippen LogP contribution in [0.2, 0.25) is 0 Å². The Morgan fingerprint density at radius 2 is 1.71 bits per heavy atom. The number of ether oxygens (including phenoxy) is 1. The van der Waals surface area contributed by atoms with Gasteiger partial charge in [-0.05, 0) is 49.1 Å². The van der Waals surface area contributed by atoms with Crippen LogP contribution in [0.15, 0.2) is 47.4 Å². The maximum Gasteiger partial charge on any atom is 0.241 e. The quantitative estimate of drug-likeness (QED) is 0.803. The molecule has 0 saturated carbocycles. The highest BCUT2D eigenvalue weighted by Crippen LogP contribution is 2.25. The first-order chi connectivity index (χ1) is 11.4. The summed E-state index contributed by atoms with van der Waals surface area (Å²) >= 11 is 0. The molecule has 0 bridgehead atoms. The number of benzene rings is 2. The Bertz CT molecular complexity index is 765. The second-order valence-electron chi connectivity index (χ2n) is 5.78. The Morgan fingerprint density at radius 1 is 1.12 bits per heavy atom. The Morgan fingerprint density at radius 3 is 2.21 bits per heavy atom. The summed E-state index contributed by atoms with van der Waals surface area (Å²) in [6.45, 7) is 3.19. The van der Waals surface area contributed by atoms with Gasteiger partial charge in [-0.3, -0.25) is 0 Å². The number of aliphatic hydroxyl groups is 1. The van der Waals surface area contributed by atoms with Crippen molar-refractivity contribution in [3.8, 4) is 5.75 Å². The first-order valence-corrected chi connectivity index (χ1v) is 9.18. The van der Waals surface area contributed by atoms with Gasteiger partial charge in [-0.15, -0.1) is 0 Å². The molecule has 0 heterocycles. The van der Waals surface area contributed by atoms with Gasteiger partial charge in [-0.2, -0.15) is 0 Å². The van der Waals surface area contributed by atoms with Crippen LogP contribution in [0, 0.1) is 13.8 Å². The Kier molecular flexibility index (Phi) is 5.99. The van der Waals surface area contributed by atoms with Gasteiger partial charge in [-0.25, -0.2) is 13.1 Å². The standard InChI is InChI=1S/C18H23NO4S/c1-13-9-17(23-3)10-14(2)18(13)24(21,22)19-16(12-20)11-15-7-5-4-6-8-15/h4-10,16,19-20H,11-12H2,1-3H3. The van der Waals surface area contributed by atoms with E-state index in [9.17, 15) is 13.5 Å². The van der Waals surface area contributed by atoms with E-state index < -0.39 is 16.1 Å². The van der Waals surface area contributed by atoms with E-state index >= 15 is 0 Å². The van der Waals surface area contributed by atoms with Crippen molar-refractivity contribution >= 4 is 10.0 Å². The molecule has 0 aromatic heterocycles. The Balaban J connectivity index is 2.27. The molecule has 2 rings (SSSR count). The summed E-state index contributed by atoms with van der Waals surface area (Å²) in [5.41, 5.74) is 2.17. The normalized spacial score (nSPS) is 12.8. The minimum Gasteiger partial charge on any atom is -0.497 e. The second-order valence-corrected chi connectivity index (χ2v) is 7.43. The molecule has 6 heteroatoms. The van der Waals surface area contributed by atoms with Gasteiger partial charge in [0.05, 0.1) is 18.6 Å². The molecule has 5 nitrogen and oxygen atoms in total. The third kappa shape index (κ3) is 4.35. The van der Waals surface area contributed by atoms with E-state index in [0.29, 0.717) is 23.3 Å². The van der Waals surface area contributed by atoms with Crippen molar-refractivity contribution in [3.05, 3.63) is 59.2 Å². The molecule has 0 aliphatic carbocycles. The van der Waals surface area contributed by atoms with Gasteiger partial charge in [0.15, 0.2) is 0 Å². The van der Waals surface area contributed by atoms with Crippen LogP contribution >= 0.6 is 0 Å². The highest BCUT2D eigenvalue weighted by atomic mass is 32.2. The summed E-state index contributed by atoms with van der Waals surface area (Å²) in [6.07, 6.45) is 0.421. The average Bonchev–Trinajstić information content (AvgIpc) is 2.53. The fourth-order valence-corrected chi connectivity index (χ4v) is 4.45. The molecule has 2 aromatic carbocycles. The molecule has 0 saturated heterocycles. The van der Waals surface area contributed by atoms with Gasteiger partial charge in [0.25, 0.3) is 0 Å². The summed E-state index contributed by atoms with van der Waals surface area (Å²) in [4.78, 5) is 0.231. The lowest BCUT2D eigenvalue weighted by atomic mass is 10.1. The monoisotopic (exact) mass is 349 g/mol. The van der Waals surface area contributed by atoms with Gasteiger partial charge >= 0.3 is 0 Å². The molecule has 1 unspecified atom stereocenters. The van der Waals surface area contributed by atoms with Gasteiger partial charge < -0.3 is 9.84 Å². The van der Waals surface area contributed by atoms with E-state index in [1.807, 2.05) is 30.3 Å². The summed E-state index contributed by atoms with van der Waals surface area (Å²) in [6, 6.07) is 12.3. The molecule has 0 aliphatic heterocycles. The maximum absolute atomic E-state index is 12.8. The molecule has 1 atom stereocenters. The molecule has 0 aliphatic rings. The highest BCUT2D eigenvalue weighted by molar-refractivity contribution is 7.89. The zero-order valence-corrected chi connectivity index (χ0v) is 14.9. The van der Waals surface area contributed by atoms with Crippen molar-refractivity contribution in [2.75, 3.05) is 13.7 Å². The van der Waals surface area contributed by atoms with Gasteiger partial charge in [0.1, 0.15) is 5.75 Å². The van der Waals surface area contributed by atoms with Crippen LogP contribution in [0.1, 0.15) is 16.7 Å². The van der Waals surface area contributed by atoms with Crippen LogP contribution < -0.4 is 9.46 Å². The van der Waals surface area contributed by atoms with Gasteiger partial charge in [0.2, 0.25) is 10.0 Å². The third-order valence-corrected chi connectivity index (χ3v) is 5.63. The lowest BCUT2D eigenvalue weighted by Gasteiger charge is -2.19. The topological polar surface area (TPSA) is 75.6 Å². The van der Waals surface area contributed by atoms with Crippen LogP contribution in [-0.4, -0.2) is 33.3 Å². The molecular weight excluding hydrogens is 326 g/mol. The number of methoxy groups -OCH3 is 1. The zero-order valence-electron chi connectivity index (χ0n) is 14.1. The van der Waals surface area contributed by atoms with Crippen molar-refractivity contribution in [3.63, 3.8) is 0 Å². The molecule has 130 valence electrons. The molecule has 0 fully saturated rings. The molecule has 2 N–H and O–H groups in total. The fraction of sp³-hybridized carbons (Fsp3) is 0.333. The summed E-state index contributed by atoms with van der Waals surface area (Å²) in [7, 11) is -2.20. The van der Waals surface area contributed by atoms with Crippen molar-refractivity contribution in [2.24, 2.45) is 0 Å². The second kappa shape index (κ2) is 7.79. The van der Waals surface area contributed by atoms with Crippen LogP contribution in [-0.2, 0) is 16.4 Å². The lowest BCUT2D eigenvalue weighted by molar-refractivity contribution is 0.256. The van der Waals surface area contributed by atoms with E-state index in [-0.39, 0.29) is 11.5 Å². The SMILES string of the molecule is COc1cc(C)c(S(=O)(=O)NC(CO)Cc2ccccc2)c(C)c1. The number of hydrogen-bond donors (Lipinski definition) is 2. The predicted molar refractivity (Wildman–Crippen MR) is 93.8 cm³/mol. The Labute approximate surface area is 143 Å². The van der Waals surface area contributed by atoms with Crippen LogP contribution in [0.5, 0.6) is 5.75 Å². The first kappa shape index (κ1) is 18.4. The molecule has 0 spiro atoms. The number of aryl methyl sites for hydroxylation is 2. The smallest absolute Gasteiger partial charge is 0.241 e. The molecule has 24 heavy (non-hydrogen) atoms. The van der Waals surface area contributed by atoms with E-state index in [4.69, 9.17) is 4.74 Å². The van der Waals surface area contributed by atoms with Crippen molar-refractivity contribution < 1.29 is 18.3 Å². The predicted octanol–water partition coefficient (Wildman–Crippen LogP) is 2.19. The number of nitrogens with one attached hydrogen (secondary N) is 1.